The Kier molecular flexibility index (Phi) is 3.98. The second-order valence-electron chi connectivity index (χ2n) is 5.40. The van der Waals surface area contributed by atoms with E-state index in [2.05, 4.69) is 10.3 Å². The van der Waals surface area contributed by atoms with Crippen LogP contribution in [-0.2, 0) is 4.79 Å². The molecule has 0 spiro atoms. The second kappa shape index (κ2) is 7.21. The Morgan fingerprint density at radius 1 is 1.40 bits per heavy atom. The molecule has 0 aromatic heterocycles. The summed E-state index contributed by atoms with van der Waals surface area (Å²) in [7, 11) is -2.61. The molecule has 3 rings (SSSR count). The van der Waals surface area contributed by atoms with Crippen molar-refractivity contribution in [2.24, 2.45) is 4.99 Å². The first-order valence-corrected chi connectivity index (χ1v) is 8.11. The van der Waals surface area contributed by atoms with Crippen LogP contribution < -0.4 is 10.1 Å². The maximum absolute atomic E-state index is 11.2. The number of thiocarbonyl (C=S) groups is 1. The van der Waals surface area contributed by atoms with Crippen molar-refractivity contribution in [3.8, 4) is 5.75 Å². The third-order valence-corrected chi connectivity index (χ3v) is 4.32. The van der Waals surface area contributed by atoms with Gasteiger partial charge in [-0.05, 0) is 30.3 Å². The summed E-state index contributed by atoms with van der Waals surface area (Å²) in [5.74, 6) is -0.907. The largest absolute Gasteiger partial charge is 0.497 e. The lowest BCUT2D eigenvalue weighted by Crippen LogP contribution is -2.26. The number of anilines is 1. The highest BCUT2D eigenvalue weighted by Gasteiger charge is 2.25. The quantitative estimate of drug-likeness (QED) is 0.793. The molecule has 0 bridgehead atoms. The smallest absolute Gasteiger partial charge is 0.305 e. The number of benzodiazepines with no additional fused rings is 1. The summed E-state index contributed by atoms with van der Waals surface area (Å²) in [5.41, 5.74) is 2.25. The van der Waals surface area contributed by atoms with Crippen molar-refractivity contribution < 1.29 is 18.8 Å². The normalized spacial score (nSPS) is 18.6. The first-order valence-electron chi connectivity index (χ1n) is 8.82. The van der Waals surface area contributed by atoms with Gasteiger partial charge in [0.1, 0.15) is 16.8 Å². The van der Waals surface area contributed by atoms with E-state index in [0.717, 1.165) is 0 Å². The van der Waals surface area contributed by atoms with Gasteiger partial charge in [-0.2, -0.15) is 0 Å². The van der Waals surface area contributed by atoms with Crippen LogP contribution in [0.25, 0.3) is 0 Å². The fourth-order valence-electron chi connectivity index (χ4n) is 2.53. The Bertz CT molecular complexity index is 962. The Morgan fingerprint density at radius 2 is 2.16 bits per heavy atom. The first kappa shape index (κ1) is 13.8. The number of nitrogens with one attached hydrogen (secondary N) is 1. The van der Waals surface area contributed by atoms with Gasteiger partial charge < -0.3 is 15.2 Å². The van der Waals surface area contributed by atoms with Crippen molar-refractivity contribution in [1.29, 1.82) is 0 Å². The minimum Gasteiger partial charge on any atom is -0.497 e. The zero-order valence-corrected chi connectivity index (χ0v) is 14.4. The highest BCUT2D eigenvalue weighted by Crippen LogP contribution is 2.29. The number of benzene rings is 2. The Labute approximate surface area is 159 Å². The molecule has 2 aromatic rings. The van der Waals surface area contributed by atoms with Gasteiger partial charge in [0.2, 0.25) is 0 Å². The minimum atomic E-state index is -2.61. The maximum atomic E-state index is 11.2. The number of carboxylic acid groups (broad SMARTS) is 1. The molecule has 7 heteroatoms. The number of halogens is 1. The van der Waals surface area contributed by atoms with E-state index < -0.39 is 19.0 Å². The van der Waals surface area contributed by atoms with Crippen LogP contribution in [0.1, 0.15) is 21.7 Å². The van der Waals surface area contributed by atoms with Crippen molar-refractivity contribution >= 4 is 46.2 Å². The summed E-state index contributed by atoms with van der Waals surface area (Å²) in [6, 6.07) is 10.7. The number of rotatable bonds is 4. The summed E-state index contributed by atoms with van der Waals surface area (Å²) in [5, 5.41) is 12.7. The molecule has 25 heavy (non-hydrogen) atoms. The predicted octanol–water partition coefficient (Wildman–Crippen LogP) is 3.78. The highest BCUT2D eigenvalue weighted by molar-refractivity contribution is 7.80. The molecule has 0 aliphatic carbocycles. The molecule has 128 valence electrons. The van der Waals surface area contributed by atoms with Crippen LogP contribution in [0.4, 0.5) is 5.69 Å². The Hall–Kier alpha value is -2.44. The van der Waals surface area contributed by atoms with Crippen molar-refractivity contribution in [3.05, 3.63) is 58.6 Å². The van der Waals surface area contributed by atoms with Crippen LogP contribution in [0.15, 0.2) is 47.5 Å². The molecule has 1 heterocycles. The van der Waals surface area contributed by atoms with Crippen LogP contribution in [0, 0.1) is 0 Å². The second-order valence-corrected chi connectivity index (χ2v) is 6.27. The first-order chi connectivity index (χ1) is 13.1. The molecule has 0 saturated heterocycles. The van der Waals surface area contributed by atoms with Gasteiger partial charge in [0, 0.05) is 21.8 Å². The molecule has 0 fully saturated rings. The van der Waals surface area contributed by atoms with E-state index in [1.165, 1.54) is 12.1 Å². The average Bonchev–Trinajstić information content (AvgIpc) is 2.71. The van der Waals surface area contributed by atoms with Crippen LogP contribution in [0.5, 0.6) is 5.75 Å². The molecule has 1 aliphatic heterocycles. The fraction of sp³-hybridized carbons (Fsp3) is 0.167. The van der Waals surface area contributed by atoms with Crippen LogP contribution >= 0.6 is 23.8 Å². The zero-order valence-electron chi connectivity index (χ0n) is 15.8. The molecular formula is C18H15ClN2O3S. The molecule has 5 nitrogen and oxygen atoms in total. The van der Waals surface area contributed by atoms with Crippen LogP contribution in [0.2, 0.25) is 5.02 Å². The monoisotopic (exact) mass is 377 g/mol. The predicted molar refractivity (Wildman–Crippen MR) is 102 cm³/mol. The summed E-state index contributed by atoms with van der Waals surface area (Å²) < 4.78 is 26.9. The summed E-state index contributed by atoms with van der Waals surface area (Å²) in [6.45, 7) is 0. The van der Waals surface area contributed by atoms with Gasteiger partial charge in [-0.3, -0.25) is 9.79 Å². The fourth-order valence-corrected chi connectivity index (χ4v) is 2.91. The lowest BCUT2D eigenvalue weighted by molar-refractivity contribution is -0.137. The highest BCUT2D eigenvalue weighted by atomic mass is 35.5. The topological polar surface area (TPSA) is 70.9 Å². The number of hydrogen-bond acceptors (Lipinski definition) is 4. The SMILES string of the molecule is [2H]C([2H])([2H])Oc1ccc2c(c1)C(c1ccc(Cl)cc1)=N[C@@H](CC(=O)O)C(=S)N2. The number of nitrogens with zero attached hydrogens (tertiary/aromatic N) is 1. The summed E-state index contributed by atoms with van der Waals surface area (Å²) >= 11 is 11.3. The zero-order chi connectivity index (χ0) is 20.5. The lowest BCUT2D eigenvalue weighted by atomic mass is 10.00. The van der Waals surface area contributed by atoms with Gasteiger partial charge in [0.25, 0.3) is 0 Å². The number of methoxy groups -OCH3 is 1. The van der Waals surface area contributed by atoms with E-state index in [0.29, 0.717) is 27.5 Å². The van der Waals surface area contributed by atoms with Crippen molar-refractivity contribution in [2.75, 3.05) is 12.4 Å². The van der Waals surface area contributed by atoms with E-state index >= 15 is 0 Å². The van der Waals surface area contributed by atoms with E-state index in [4.69, 9.17) is 32.7 Å². The third-order valence-electron chi connectivity index (χ3n) is 3.70. The number of hydrogen-bond donors (Lipinski definition) is 2. The van der Waals surface area contributed by atoms with Crippen LogP contribution in [0.3, 0.4) is 0 Å². The van der Waals surface area contributed by atoms with Gasteiger partial charge in [0.15, 0.2) is 0 Å². The maximum Gasteiger partial charge on any atom is 0.305 e. The molecule has 2 N–H and O–H groups in total. The van der Waals surface area contributed by atoms with Gasteiger partial charge in [-0.15, -0.1) is 0 Å². The van der Waals surface area contributed by atoms with E-state index in [-0.39, 0.29) is 17.2 Å². The number of aliphatic carboxylic acids is 1. The molecule has 0 unspecified atom stereocenters. The molecule has 0 saturated carbocycles. The number of carbonyl (C=O) groups is 1. The van der Waals surface area contributed by atoms with Crippen molar-refractivity contribution in [1.82, 2.24) is 0 Å². The average molecular weight is 378 g/mol. The number of carboxylic acids is 1. The molecule has 2 aromatic carbocycles. The molecule has 1 aliphatic rings. The van der Waals surface area contributed by atoms with Gasteiger partial charge in [-0.25, -0.2) is 0 Å². The van der Waals surface area contributed by atoms with Gasteiger partial charge in [0.05, 0.1) is 23.3 Å². The number of ether oxygens (including phenoxy) is 1. The lowest BCUT2D eigenvalue weighted by Gasteiger charge is -2.12. The van der Waals surface area contributed by atoms with E-state index in [1.807, 2.05) is 0 Å². The van der Waals surface area contributed by atoms with E-state index in [1.54, 1.807) is 30.3 Å². The van der Waals surface area contributed by atoms with Gasteiger partial charge >= 0.3 is 5.97 Å². The van der Waals surface area contributed by atoms with Gasteiger partial charge in [-0.1, -0.05) is 36.0 Å². The number of fused-ring (bicyclic) bond motifs is 1. The number of aliphatic imine (C=N–C) groups is 1. The third kappa shape index (κ3) is 3.81. The molecule has 0 amide bonds. The minimum absolute atomic E-state index is 0.129. The molecule has 1 atom stereocenters. The standard InChI is InChI=1S/C18H15ClN2O3S/c1-24-12-6-7-14-13(8-12)17(10-2-4-11(19)5-3-10)20-15(9-16(22)23)18(25)21-14/h2-8,15H,9H2,1H3,(H,21,25)(H,22,23)/t15-/m0/s1/i1D3. The van der Waals surface area contributed by atoms with E-state index in [9.17, 15) is 9.90 Å². The van der Waals surface area contributed by atoms with Crippen molar-refractivity contribution in [2.45, 2.75) is 12.5 Å². The Balaban J connectivity index is 2.15. The summed E-state index contributed by atoms with van der Waals surface area (Å²) in [6.07, 6.45) is -0.282. The summed E-state index contributed by atoms with van der Waals surface area (Å²) in [4.78, 5) is 16.1. The molecular weight excluding hydrogens is 360 g/mol. The van der Waals surface area contributed by atoms with Crippen LogP contribution in [-0.4, -0.2) is 34.9 Å². The molecule has 0 radical (unpaired) electrons. The Morgan fingerprint density at radius 3 is 2.84 bits per heavy atom. The van der Waals surface area contributed by atoms with Crippen molar-refractivity contribution in [3.63, 3.8) is 0 Å².